The molecule has 4 N–H and O–H groups in total. The zero-order chi connectivity index (χ0) is 13.8. The molecule has 0 fully saturated rings. The normalized spacial score (nSPS) is 10.1. The maximum Gasteiger partial charge on any atom is 0.274 e. The number of hydrogen-bond acceptors (Lipinski definition) is 4. The zero-order valence-electron chi connectivity index (χ0n) is 10.3. The van der Waals surface area contributed by atoms with Gasteiger partial charge in [-0.15, -0.1) is 0 Å². The lowest BCUT2D eigenvalue weighted by Crippen LogP contribution is -2.15. The van der Waals surface area contributed by atoms with E-state index in [0.29, 0.717) is 16.4 Å². The number of amides is 1. The quantitative estimate of drug-likeness (QED) is 0.595. The van der Waals surface area contributed by atoms with Crippen LogP contribution in [0, 0.1) is 6.92 Å². The number of nitrogens with one attached hydrogen (secondary N) is 2. The Kier molecular flexibility index (Phi) is 3.99. The third-order valence-corrected chi connectivity index (χ3v) is 2.84. The van der Waals surface area contributed by atoms with Crippen molar-refractivity contribution in [1.82, 2.24) is 4.98 Å². The summed E-state index contributed by atoms with van der Waals surface area (Å²) in [5.41, 5.74) is 4.89. The molecule has 0 aliphatic heterocycles. The Morgan fingerprint density at radius 2 is 2.11 bits per heavy atom. The first-order valence-electron chi connectivity index (χ1n) is 5.60. The molecule has 0 aliphatic rings. The third kappa shape index (κ3) is 3.21. The fourth-order valence-corrected chi connectivity index (χ4v) is 1.83. The highest BCUT2D eigenvalue weighted by molar-refractivity contribution is 6.34. The Balaban J connectivity index is 2.20. The molecule has 0 saturated carbocycles. The van der Waals surface area contributed by atoms with Crippen molar-refractivity contribution in [3.05, 3.63) is 52.8 Å². The minimum absolute atomic E-state index is 0.257. The summed E-state index contributed by atoms with van der Waals surface area (Å²) >= 11 is 6.05. The molecule has 1 aromatic heterocycles. The van der Waals surface area contributed by atoms with E-state index < -0.39 is 0 Å². The van der Waals surface area contributed by atoms with Crippen LogP contribution < -0.4 is 16.6 Å². The van der Waals surface area contributed by atoms with E-state index in [9.17, 15) is 4.79 Å². The number of hydrogen-bond donors (Lipinski definition) is 3. The highest BCUT2D eigenvalue weighted by atomic mass is 35.5. The minimum Gasteiger partial charge on any atom is -0.324 e. The van der Waals surface area contributed by atoms with Crippen LogP contribution >= 0.6 is 11.6 Å². The molecule has 0 aliphatic carbocycles. The molecule has 98 valence electrons. The highest BCUT2D eigenvalue weighted by Gasteiger charge is 2.10. The molecular weight excluding hydrogens is 264 g/mol. The van der Waals surface area contributed by atoms with Crippen LogP contribution in [0.3, 0.4) is 0 Å². The molecule has 0 radical (unpaired) electrons. The van der Waals surface area contributed by atoms with Crippen molar-refractivity contribution in [1.29, 1.82) is 0 Å². The monoisotopic (exact) mass is 276 g/mol. The predicted octanol–water partition coefficient (Wildman–Crippen LogP) is 2.58. The molecule has 19 heavy (non-hydrogen) atoms. The van der Waals surface area contributed by atoms with Crippen LogP contribution in [-0.2, 0) is 0 Å². The highest BCUT2D eigenvalue weighted by Crippen LogP contribution is 2.23. The first kappa shape index (κ1) is 13.3. The van der Waals surface area contributed by atoms with Crippen LogP contribution in [-0.4, -0.2) is 10.9 Å². The summed E-state index contributed by atoms with van der Waals surface area (Å²) in [5, 5.41) is 3.19. The summed E-state index contributed by atoms with van der Waals surface area (Å²) in [6, 6.07) is 8.61. The van der Waals surface area contributed by atoms with Gasteiger partial charge in [-0.25, -0.2) is 0 Å². The van der Waals surface area contributed by atoms with Crippen molar-refractivity contribution < 1.29 is 4.79 Å². The van der Waals surface area contributed by atoms with Crippen LogP contribution in [0.2, 0.25) is 5.02 Å². The maximum absolute atomic E-state index is 12.0. The Labute approximate surface area is 115 Å². The van der Waals surface area contributed by atoms with Crippen LogP contribution in [0.1, 0.15) is 16.1 Å². The van der Waals surface area contributed by atoms with Crippen molar-refractivity contribution >= 4 is 28.9 Å². The van der Waals surface area contributed by atoms with Gasteiger partial charge < -0.3 is 10.7 Å². The van der Waals surface area contributed by atoms with Gasteiger partial charge in [-0.1, -0.05) is 17.7 Å². The number of nitrogens with zero attached hydrogens (tertiary/aromatic N) is 1. The van der Waals surface area contributed by atoms with E-state index in [0.717, 1.165) is 5.56 Å². The first-order chi connectivity index (χ1) is 9.10. The number of pyridine rings is 1. The lowest BCUT2D eigenvalue weighted by atomic mass is 10.2. The minimum atomic E-state index is -0.345. The number of halogens is 1. The van der Waals surface area contributed by atoms with E-state index in [4.69, 9.17) is 17.4 Å². The van der Waals surface area contributed by atoms with Gasteiger partial charge in [0.2, 0.25) is 0 Å². The standard InChI is InChI=1S/C13H13ClN4O/c1-8-2-3-11(10(14)6-8)17-13(19)12-7-9(18-15)4-5-16-12/h2-7H,15H2,1H3,(H,16,18)(H,17,19). The molecule has 1 heterocycles. The number of rotatable bonds is 3. The summed E-state index contributed by atoms with van der Waals surface area (Å²) in [7, 11) is 0. The SMILES string of the molecule is Cc1ccc(NC(=O)c2cc(NN)ccn2)c(Cl)c1. The number of hydrazine groups is 1. The van der Waals surface area contributed by atoms with Crippen molar-refractivity contribution in [2.45, 2.75) is 6.92 Å². The average Bonchev–Trinajstić information content (AvgIpc) is 2.42. The van der Waals surface area contributed by atoms with Crippen molar-refractivity contribution in [2.75, 3.05) is 10.7 Å². The Morgan fingerprint density at radius 1 is 1.32 bits per heavy atom. The average molecular weight is 277 g/mol. The first-order valence-corrected chi connectivity index (χ1v) is 5.98. The lowest BCUT2D eigenvalue weighted by Gasteiger charge is -2.08. The molecule has 0 saturated heterocycles. The van der Waals surface area contributed by atoms with Gasteiger partial charge in [0.05, 0.1) is 16.4 Å². The van der Waals surface area contributed by atoms with Crippen molar-refractivity contribution in [3.8, 4) is 0 Å². The van der Waals surface area contributed by atoms with Gasteiger partial charge in [0.25, 0.3) is 5.91 Å². The van der Waals surface area contributed by atoms with Gasteiger partial charge in [0, 0.05) is 6.20 Å². The molecule has 0 atom stereocenters. The molecule has 6 heteroatoms. The second-order valence-electron chi connectivity index (χ2n) is 4.01. The van der Waals surface area contributed by atoms with E-state index in [1.54, 1.807) is 24.3 Å². The number of anilines is 2. The van der Waals surface area contributed by atoms with Gasteiger partial charge in [0.15, 0.2) is 0 Å². The fourth-order valence-electron chi connectivity index (χ4n) is 1.55. The molecule has 0 spiro atoms. The topological polar surface area (TPSA) is 80.0 Å². The van der Waals surface area contributed by atoms with E-state index in [-0.39, 0.29) is 11.6 Å². The molecule has 5 nitrogen and oxygen atoms in total. The number of aromatic nitrogens is 1. The van der Waals surface area contributed by atoms with E-state index in [1.807, 2.05) is 13.0 Å². The van der Waals surface area contributed by atoms with E-state index in [1.165, 1.54) is 6.20 Å². The molecule has 2 aromatic rings. The summed E-state index contributed by atoms with van der Waals surface area (Å²) in [6.45, 7) is 1.93. The van der Waals surface area contributed by atoms with Gasteiger partial charge in [-0.05, 0) is 36.8 Å². The number of carbonyl (C=O) groups excluding carboxylic acids is 1. The summed E-state index contributed by atoms with van der Waals surface area (Å²) < 4.78 is 0. The summed E-state index contributed by atoms with van der Waals surface area (Å²) in [6.07, 6.45) is 1.50. The van der Waals surface area contributed by atoms with Crippen LogP contribution in [0.4, 0.5) is 11.4 Å². The van der Waals surface area contributed by atoms with Crippen LogP contribution in [0.25, 0.3) is 0 Å². The van der Waals surface area contributed by atoms with E-state index in [2.05, 4.69) is 15.7 Å². The maximum atomic E-state index is 12.0. The third-order valence-electron chi connectivity index (χ3n) is 2.53. The second-order valence-corrected chi connectivity index (χ2v) is 4.42. The van der Waals surface area contributed by atoms with Crippen molar-refractivity contribution in [2.24, 2.45) is 5.84 Å². The van der Waals surface area contributed by atoms with Crippen molar-refractivity contribution in [3.63, 3.8) is 0 Å². The molecular formula is C13H13ClN4O. The lowest BCUT2D eigenvalue weighted by molar-refractivity contribution is 0.102. The molecule has 2 rings (SSSR count). The fraction of sp³-hybridized carbons (Fsp3) is 0.0769. The van der Waals surface area contributed by atoms with Gasteiger partial charge in [-0.3, -0.25) is 15.6 Å². The van der Waals surface area contributed by atoms with Gasteiger partial charge in [0.1, 0.15) is 5.69 Å². The molecule has 1 aromatic carbocycles. The molecule has 0 unspecified atom stereocenters. The van der Waals surface area contributed by atoms with Gasteiger partial charge in [-0.2, -0.15) is 0 Å². The zero-order valence-corrected chi connectivity index (χ0v) is 11.0. The summed E-state index contributed by atoms with van der Waals surface area (Å²) in [5.74, 6) is 4.94. The smallest absolute Gasteiger partial charge is 0.274 e. The molecule has 0 bridgehead atoms. The number of nitrogen functional groups attached to an aromatic ring is 1. The number of benzene rings is 1. The summed E-state index contributed by atoms with van der Waals surface area (Å²) in [4.78, 5) is 16.0. The number of aryl methyl sites for hydroxylation is 1. The largest absolute Gasteiger partial charge is 0.324 e. The van der Waals surface area contributed by atoms with E-state index >= 15 is 0 Å². The number of carbonyl (C=O) groups is 1. The Bertz CT molecular complexity index is 615. The number of nitrogens with two attached hydrogens (primary N) is 1. The molecule has 1 amide bonds. The predicted molar refractivity (Wildman–Crippen MR) is 76.2 cm³/mol. The Morgan fingerprint density at radius 3 is 2.79 bits per heavy atom. The van der Waals surface area contributed by atoms with Crippen LogP contribution in [0.15, 0.2) is 36.5 Å². The van der Waals surface area contributed by atoms with Crippen LogP contribution in [0.5, 0.6) is 0 Å². The van der Waals surface area contributed by atoms with Gasteiger partial charge >= 0.3 is 0 Å². The second kappa shape index (κ2) is 5.69. The Hall–Kier alpha value is -2.11.